The van der Waals surface area contributed by atoms with Crippen molar-refractivity contribution >= 4 is 11.7 Å². The van der Waals surface area contributed by atoms with Crippen LogP contribution in [0.5, 0.6) is 11.6 Å². The number of hydrogen-bond donors (Lipinski definition) is 0. The van der Waals surface area contributed by atoms with Crippen LogP contribution in [0.3, 0.4) is 0 Å². The summed E-state index contributed by atoms with van der Waals surface area (Å²) >= 11 is 0. The lowest BCUT2D eigenvalue weighted by molar-refractivity contribution is -0.131. The highest BCUT2D eigenvalue weighted by Crippen LogP contribution is 2.20. The van der Waals surface area contributed by atoms with E-state index in [1.807, 2.05) is 54.3 Å². The Balaban J connectivity index is 1.59. The monoisotopic (exact) mass is 312 g/mol. The molecule has 0 atom stereocenters. The van der Waals surface area contributed by atoms with E-state index < -0.39 is 0 Å². The molecule has 23 heavy (non-hydrogen) atoms. The third-order valence-electron chi connectivity index (χ3n) is 3.85. The Bertz CT molecular complexity index is 637. The number of rotatable bonds is 4. The van der Waals surface area contributed by atoms with Gasteiger partial charge in [0.1, 0.15) is 5.75 Å². The van der Waals surface area contributed by atoms with E-state index in [-0.39, 0.29) is 5.91 Å². The SMILES string of the molecule is CCC(=O)N1CCN(c2ccc(Oc3ccccc3)nn2)CC1. The topological polar surface area (TPSA) is 58.6 Å². The van der Waals surface area contributed by atoms with Gasteiger partial charge in [-0.25, -0.2) is 0 Å². The van der Waals surface area contributed by atoms with E-state index in [0.29, 0.717) is 12.3 Å². The van der Waals surface area contributed by atoms with Crippen molar-refractivity contribution in [3.8, 4) is 11.6 Å². The minimum atomic E-state index is 0.211. The number of amides is 1. The molecule has 1 aromatic heterocycles. The van der Waals surface area contributed by atoms with Crippen LogP contribution in [0.4, 0.5) is 5.82 Å². The first-order valence-corrected chi connectivity index (χ1v) is 7.85. The van der Waals surface area contributed by atoms with E-state index >= 15 is 0 Å². The molecule has 1 fully saturated rings. The molecular formula is C17H20N4O2. The number of anilines is 1. The van der Waals surface area contributed by atoms with Gasteiger partial charge in [-0.15, -0.1) is 10.2 Å². The lowest BCUT2D eigenvalue weighted by Gasteiger charge is -2.35. The van der Waals surface area contributed by atoms with Crippen molar-refractivity contribution < 1.29 is 9.53 Å². The van der Waals surface area contributed by atoms with Crippen LogP contribution in [0.15, 0.2) is 42.5 Å². The normalized spacial score (nSPS) is 14.7. The van der Waals surface area contributed by atoms with Crippen molar-refractivity contribution in [2.24, 2.45) is 0 Å². The van der Waals surface area contributed by atoms with Crippen LogP contribution in [0.1, 0.15) is 13.3 Å². The molecule has 0 radical (unpaired) electrons. The van der Waals surface area contributed by atoms with Gasteiger partial charge in [0.2, 0.25) is 11.8 Å². The molecule has 0 N–H and O–H groups in total. The predicted molar refractivity (Wildman–Crippen MR) is 87.6 cm³/mol. The Morgan fingerprint density at radius 3 is 2.39 bits per heavy atom. The molecule has 1 aromatic carbocycles. The summed E-state index contributed by atoms with van der Waals surface area (Å²) in [7, 11) is 0. The van der Waals surface area contributed by atoms with Gasteiger partial charge in [-0.1, -0.05) is 25.1 Å². The molecule has 0 spiro atoms. The van der Waals surface area contributed by atoms with E-state index in [9.17, 15) is 4.79 Å². The highest BCUT2D eigenvalue weighted by molar-refractivity contribution is 5.76. The van der Waals surface area contributed by atoms with Gasteiger partial charge in [-0.3, -0.25) is 4.79 Å². The maximum atomic E-state index is 11.7. The molecule has 6 nitrogen and oxygen atoms in total. The van der Waals surface area contributed by atoms with Crippen molar-refractivity contribution in [1.29, 1.82) is 0 Å². The number of nitrogens with zero attached hydrogens (tertiary/aromatic N) is 4. The van der Waals surface area contributed by atoms with Crippen molar-refractivity contribution in [3.63, 3.8) is 0 Å². The quantitative estimate of drug-likeness (QED) is 0.867. The third-order valence-corrected chi connectivity index (χ3v) is 3.85. The third kappa shape index (κ3) is 3.77. The average Bonchev–Trinajstić information content (AvgIpc) is 2.63. The van der Waals surface area contributed by atoms with Gasteiger partial charge in [0.25, 0.3) is 0 Å². The zero-order valence-electron chi connectivity index (χ0n) is 13.2. The van der Waals surface area contributed by atoms with E-state index in [0.717, 1.165) is 37.7 Å². The average molecular weight is 312 g/mol. The maximum Gasteiger partial charge on any atom is 0.238 e. The summed E-state index contributed by atoms with van der Waals surface area (Å²) in [6, 6.07) is 13.2. The van der Waals surface area contributed by atoms with Crippen LogP contribution in [0.25, 0.3) is 0 Å². The molecule has 2 heterocycles. The summed E-state index contributed by atoms with van der Waals surface area (Å²) in [6.07, 6.45) is 0.561. The molecule has 120 valence electrons. The van der Waals surface area contributed by atoms with Gasteiger partial charge in [0.05, 0.1) is 0 Å². The summed E-state index contributed by atoms with van der Waals surface area (Å²) in [5.41, 5.74) is 0. The number of piperazine rings is 1. The van der Waals surface area contributed by atoms with Crippen LogP contribution in [-0.2, 0) is 4.79 Å². The first-order valence-electron chi connectivity index (χ1n) is 7.85. The molecule has 3 rings (SSSR count). The number of aromatic nitrogens is 2. The fourth-order valence-electron chi connectivity index (χ4n) is 2.55. The molecule has 0 unspecified atom stereocenters. The summed E-state index contributed by atoms with van der Waals surface area (Å²) < 4.78 is 5.64. The smallest absolute Gasteiger partial charge is 0.238 e. The number of para-hydroxylation sites is 1. The van der Waals surface area contributed by atoms with Crippen molar-refractivity contribution in [3.05, 3.63) is 42.5 Å². The summed E-state index contributed by atoms with van der Waals surface area (Å²) in [5.74, 6) is 2.23. The Kier molecular flexibility index (Phi) is 4.71. The van der Waals surface area contributed by atoms with Gasteiger partial charge < -0.3 is 14.5 Å². The highest BCUT2D eigenvalue weighted by Gasteiger charge is 2.21. The first kappa shape index (κ1) is 15.3. The number of benzene rings is 1. The van der Waals surface area contributed by atoms with Gasteiger partial charge in [0, 0.05) is 38.7 Å². The number of carbonyl (C=O) groups is 1. The Morgan fingerprint density at radius 2 is 1.78 bits per heavy atom. The molecular weight excluding hydrogens is 292 g/mol. The van der Waals surface area contributed by atoms with Crippen LogP contribution in [0.2, 0.25) is 0 Å². The number of hydrogen-bond acceptors (Lipinski definition) is 5. The molecule has 0 bridgehead atoms. The minimum Gasteiger partial charge on any atom is -0.438 e. The number of carbonyl (C=O) groups excluding carboxylic acids is 1. The van der Waals surface area contributed by atoms with Gasteiger partial charge in [-0.05, 0) is 18.2 Å². The van der Waals surface area contributed by atoms with Gasteiger partial charge in [-0.2, -0.15) is 0 Å². The lowest BCUT2D eigenvalue weighted by Crippen LogP contribution is -2.48. The van der Waals surface area contributed by atoms with Gasteiger partial charge >= 0.3 is 0 Å². The molecule has 1 saturated heterocycles. The first-order chi connectivity index (χ1) is 11.3. The summed E-state index contributed by atoms with van der Waals surface area (Å²) in [5, 5.41) is 8.36. The summed E-state index contributed by atoms with van der Waals surface area (Å²) in [6.45, 7) is 4.91. The Labute approximate surface area is 135 Å². The second-order valence-electron chi connectivity index (χ2n) is 5.37. The zero-order chi connectivity index (χ0) is 16.1. The summed E-state index contributed by atoms with van der Waals surface area (Å²) in [4.78, 5) is 15.7. The highest BCUT2D eigenvalue weighted by atomic mass is 16.5. The molecule has 1 aliphatic heterocycles. The van der Waals surface area contributed by atoms with E-state index in [2.05, 4.69) is 15.1 Å². The van der Waals surface area contributed by atoms with Gasteiger partial charge in [0.15, 0.2) is 5.82 Å². The molecule has 2 aromatic rings. The van der Waals surface area contributed by atoms with Crippen molar-refractivity contribution in [1.82, 2.24) is 15.1 Å². The van der Waals surface area contributed by atoms with Crippen LogP contribution < -0.4 is 9.64 Å². The number of ether oxygens (including phenoxy) is 1. The maximum absolute atomic E-state index is 11.7. The molecule has 0 aliphatic carbocycles. The van der Waals surface area contributed by atoms with Crippen LogP contribution >= 0.6 is 0 Å². The second-order valence-corrected chi connectivity index (χ2v) is 5.37. The standard InChI is InChI=1S/C17H20N4O2/c1-2-17(22)21-12-10-20(11-13-21)15-8-9-16(19-18-15)23-14-6-4-3-5-7-14/h3-9H,2,10-13H2,1H3. The molecule has 1 aliphatic rings. The lowest BCUT2D eigenvalue weighted by atomic mass is 10.3. The van der Waals surface area contributed by atoms with E-state index in [4.69, 9.17) is 4.74 Å². The predicted octanol–water partition coefficient (Wildman–Crippen LogP) is 2.33. The van der Waals surface area contributed by atoms with E-state index in [1.165, 1.54) is 0 Å². The second kappa shape index (κ2) is 7.09. The molecule has 0 saturated carbocycles. The fraction of sp³-hybridized carbons (Fsp3) is 0.353. The van der Waals surface area contributed by atoms with Crippen LogP contribution in [-0.4, -0.2) is 47.2 Å². The van der Waals surface area contributed by atoms with Crippen molar-refractivity contribution in [2.45, 2.75) is 13.3 Å². The Hall–Kier alpha value is -2.63. The largest absolute Gasteiger partial charge is 0.438 e. The zero-order valence-corrected chi connectivity index (χ0v) is 13.2. The molecule has 6 heteroatoms. The minimum absolute atomic E-state index is 0.211. The molecule has 1 amide bonds. The fourth-order valence-corrected chi connectivity index (χ4v) is 2.55. The van der Waals surface area contributed by atoms with E-state index in [1.54, 1.807) is 0 Å². The van der Waals surface area contributed by atoms with Crippen LogP contribution in [0, 0.1) is 0 Å². The Morgan fingerprint density at radius 1 is 1.04 bits per heavy atom. The van der Waals surface area contributed by atoms with Crippen molar-refractivity contribution in [2.75, 3.05) is 31.1 Å².